The van der Waals surface area contributed by atoms with Gasteiger partial charge in [-0.15, -0.1) is 0 Å². The zero-order chi connectivity index (χ0) is 12.1. The van der Waals surface area contributed by atoms with Crippen LogP contribution < -0.4 is 5.32 Å². The van der Waals surface area contributed by atoms with Gasteiger partial charge in [0, 0.05) is 19.6 Å². The molecule has 1 aliphatic heterocycles. The van der Waals surface area contributed by atoms with Gasteiger partial charge in [0.25, 0.3) is 0 Å². The van der Waals surface area contributed by atoms with Crippen LogP contribution in [0.1, 0.15) is 18.5 Å². The molecule has 92 valence electrons. The normalized spacial score (nSPS) is 20.1. The van der Waals surface area contributed by atoms with Crippen LogP contribution in [0.2, 0.25) is 0 Å². The molecular weight excluding hydrogens is 216 g/mol. The Morgan fingerprint density at radius 1 is 1.47 bits per heavy atom. The average Bonchev–Trinajstić information content (AvgIpc) is 2.40. The van der Waals surface area contributed by atoms with E-state index in [0.29, 0.717) is 19.7 Å². The largest absolute Gasteiger partial charge is 0.450 e. The molecule has 1 amide bonds. The van der Waals surface area contributed by atoms with Crippen molar-refractivity contribution >= 4 is 6.09 Å². The Kier molecular flexibility index (Phi) is 3.98. The number of ether oxygens (including phenoxy) is 1. The smallest absolute Gasteiger partial charge is 0.409 e. The summed E-state index contributed by atoms with van der Waals surface area (Å²) < 4.78 is 5.02. The number of piperazine rings is 1. The molecule has 0 radical (unpaired) electrons. The molecule has 1 aromatic rings. The van der Waals surface area contributed by atoms with Gasteiger partial charge in [0.2, 0.25) is 0 Å². The van der Waals surface area contributed by atoms with E-state index in [-0.39, 0.29) is 12.1 Å². The molecule has 1 atom stereocenters. The van der Waals surface area contributed by atoms with Crippen LogP contribution in [-0.4, -0.2) is 37.2 Å². The fraction of sp³-hybridized carbons (Fsp3) is 0.462. The highest BCUT2D eigenvalue weighted by atomic mass is 16.6. The predicted octanol–water partition coefficient (Wildman–Crippen LogP) is 1.79. The lowest BCUT2D eigenvalue weighted by Gasteiger charge is -2.33. The van der Waals surface area contributed by atoms with Crippen LogP contribution in [0.5, 0.6) is 0 Å². The maximum Gasteiger partial charge on any atom is 0.409 e. The lowest BCUT2D eigenvalue weighted by Crippen LogP contribution is -2.48. The van der Waals surface area contributed by atoms with Crippen molar-refractivity contribution in [3.05, 3.63) is 35.9 Å². The third-order valence-electron chi connectivity index (χ3n) is 2.90. The summed E-state index contributed by atoms with van der Waals surface area (Å²) in [6.45, 7) is 4.44. The molecule has 4 heteroatoms. The summed E-state index contributed by atoms with van der Waals surface area (Å²) in [7, 11) is 0. The van der Waals surface area contributed by atoms with Crippen molar-refractivity contribution in [3.8, 4) is 0 Å². The number of nitrogens with zero attached hydrogens (tertiary/aromatic N) is 1. The molecule has 1 heterocycles. The molecule has 1 aromatic carbocycles. The Labute approximate surface area is 102 Å². The summed E-state index contributed by atoms with van der Waals surface area (Å²) in [4.78, 5) is 13.4. The Balaban J connectivity index is 2.00. The van der Waals surface area contributed by atoms with Crippen molar-refractivity contribution in [2.45, 2.75) is 13.0 Å². The maximum atomic E-state index is 11.7. The summed E-state index contributed by atoms with van der Waals surface area (Å²) in [5, 5.41) is 3.41. The van der Waals surface area contributed by atoms with Gasteiger partial charge in [-0.25, -0.2) is 4.79 Å². The molecule has 1 unspecified atom stereocenters. The van der Waals surface area contributed by atoms with Gasteiger partial charge in [-0.05, 0) is 12.5 Å². The van der Waals surface area contributed by atoms with Crippen molar-refractivity contribution in [2.24, 2.45) is 0 Å². The molecule has 0 spiro atoms. The van der Waals surface area contributed by atoms with Crippen LogP contribution in [0, 0.1) is 0 Å². The van der Waals surface area contributed by atoms with Gasteiger partial charge in [-0.3, -0.25) is 0 Å². The van der Waals surface area contributed by atoms with Crippen molar-refractivity contribution < 1.29 is 9.53 Å². The molecule has 1 saturated heterocycles. The summed E-state index contributed by atoms with van der Waals surface area (Å²) in [6, 6.07) is 10.4. The molecule has 4 nitrogen and oxygen atoms in total. The zero-order valence-corrected chi connectivity index (χ0v) is 10.1. The molecule has 0 aliphatic carbocycles. The van der Waals surface area contributed by atoms with Crippen molar-refractivity contribution in [1.82, 2.24) is 10.2 Å². The van der Waals surface area contributed by atoms with Crippen LogP contribution in [0.15, 0.2) is 30.3 Å². The maximum absolute atomic E-state index is 11.7. The Hall–Kier alpha value is -1.55. The van der Waals surface area contributed by atoms with E-state index >= 15 is 0 Å². The van der Waals surface area contributed by atoms with Crippen LogP contribution >= 0.6 is 0 Å². The van der Waals surface area contributed by atoms with E-state index in [2.05, 4.69) is 17.4 Å². The number of hydrogen-bond donors (Lipinski definition) is 1. The SMILES string of the molecule is CCOC(=O)N1CCNC(c2ccccc2)C1. The molecule has 2 rings (SSSR count). The minimum Gasteiger partial charge on any atom is -0.450 e. The summed E-state index contributed by atoms with van der Waals surface area (Å²) in [6.07, 6.45) is -0.213. The first-order chi connectivity index (χ1) is 8.31. The summed E-state index contributed by atoms with van der Waals surface area (Å²) in [5.41, 5.74) is 1.21. The number of amides is 1. The van der Waals surface area contributed by atoms with Gasteiger partial charge in [0.15, 0.2) is 0 Å². The number of hydrogen-bond acceptors (Lipinski definition) is 3. The quantitative estimate of drug-likeness (QED) is 0.848. The van der Waals surface area contributed by atoms with E-state index in [9.17, 15) is 4.79 Å². The topological polar surface area (TPSA) is 41.6 Å². The predicted molar refractivity (Wildman–Crippen MR) is 65.8 cm³/mol. The lowest BCUT2D eigenvalue weighted by molar-refractivity contribution is 0.0948. The van der Waals surface area contributed by atoms with Gasteiger partial charge < -0.3 is 15.0 Å². The molecule has 1 N–H and O–H groups in total. The third-order valence-corrected chi connectivity index (χ3v) is 2.90. The fourth-order valence-electron chi connectivity index (χ4n) is 2.04. The van der Waals surface area contributed by atoms with Crippen LogP contribution in [0.25, 0.3) is 0 Å². The number of carbonyl (C=O) groups is 1. The van der Waals surface area contributed by atoms with Crippen molar-refractivity contribution in [2.75, 3.05) is 26.2 Å². The molecular formula is C13H18N2O2. The second-order valence-corrected chi connectivity index (χ2v) is 4.06. The van der Waals surface area contributed by atoms with Crippen LogP contribution in [0.3, 0.4) is 0 Å². The first-order valence-corrected chi connectivity index (χ1v) is 6.01. The van der Waals surface area contributed by atoms with E-state index in [1.165, 1.54) is 5.56 Å². The first-order valence-electron chi connectivity index (χ1n) is 6.01. The van der Waals surface area contributed by atoms with E-state index in [0.717, 1.165) is 6.54 Å². The molecule has 0 bridgehead atoms. The van der Waals surface area contributed by atoms with Crippen molar-refractivity contribution in [1.29, 1.82) is 0 Å². The summed E-state index contributed by atoms with van der Waals surface area (Å²) >= 11 is 0. The van der Waals surface area contributed by atoms with Gasteiger partial charge in [0.1, 0.15) is 0 Å². The molecule has 17 heavy (non-hydrogen) atoms. The van der Waals surface area contributed by atoms with Crippen LogP contribution in [-0.2, 0) is 4.74 Å². The minimum absolute atomic E-state index is 0.203. The molecule has 0 aromatic heterocycles. The minimum atomic E-state index is -0.213. The number of benzene rings is 1. The van der Waals surface area contributed by atoms with E-state index in [1.54, 1.807) is 4.90 Å². The van der Waals surface area contributed by atoms with Crippen molar-refractivity contribution in [3.63, 3.8) is 0 Å². The van der Waals surface area contributed by atoms with E-state index < -0.39 is 0 Å². The third kappa shape index (κ3) is 2.97. The Bertz CT molecular complexity index is 367. The average molecular weight is 234 g/mol. The zero-order valence-electron chi connectivity index (χ0n) is 10.1. The van der Waals surface area contributed by atoms with E-state index in [1.807, 2.05) is 25.1 Å². The molecule has 0 saturated carbocycles. The number of rotatable bonds is 2. The highest BCUT2D eigenvalue weighted by Gasteiger charge is 2.24. The first kappa shape index (κ1) is 11.9. The lowest BCUT2D eigenvalue weighted by atomic mass is 10.1. The highest BCUT2D eigenvalue weighted by Crippen LogP contribution is 2.17. The fourth-order valence-corrected chi connectivity index (χ4v) is 2.04. The highest BCUT2D eigenvalue weighted by molar-refractivity contribution is 5.67. The van der Waals surface area contributed by atoms with Gasteiger partial charge in [-0.2, -0.15) is 0 Å². The second kappa shape index (κ2) is 5.68. The Morgan fingerprint density at radius 3 is 2.94 bits per heavy atom. The second-order valence-electron chi connectivity index (χ2n) is 4.06. The molecule has 1 fully saturated rings. The van der Waals surface area contributed by atoms with Crippen LogP contribution in [0.4, 0.5) is 4.79 Å². The number of nitrogens with one attached hydrogen (secondary N) is 1. The standard InChI is InChI=1S/C13H18N2O2/c1-2-17-13(16)15-9-8-14-12(10-15)11-6-4-3-5-7-11/h3-7,12,14H,2,8-10H2,1H3. The number of carbonyl (C=O) groups excluding carboxylic acids is 1. The summed E-state index contributed by atoms with van der Waals surface area (Å²) in [5.74, 6) is 0. The van der Waals surface area contributed by atoms with Gasteiger partial charge in [-0.1, -0.05) is 30.3 Å². The van der Waals surface area contributed by atoms with E-state index in [4.69, 9.17) is 4.74 Å². The molecule has 1 aliphatic rings. The Morgan fingerprint density at radius 2 is 2.24 bits per heavy atom. The van der Waals surface area contributed by atoms with Gasteiger partial charge >= 0.3 is 6.09 Å². The van der Waals surface area contributed by atoms with Gasteiger partial charge in [0.05, 0.1) is 12.6 Å². The monoisotopic (exact) mass is 234 g/mol.